The van der Waals surface area contributed by atoms with E-state index in [2.05, 4.69) is 21.2 Å². The van der Waals surface area contributed by atoms with E-state index in [0.29, 0.717) is 11.3 Å². The first kappa shape index (κ1) is 19.6. The standard InChI is InChI=1S/C22H22FN5S/c23-19-8-10-20(11-9-19)28-21(15-27-12-4-1-5-13-27)25-26-22(28)29-16-18-7-3-2-6-17(18)14-24/h2-3,6-11H,1,4-5,12-13,15-16H2. The molecule has 4 rings (SSSR count). The Kier molecular flexibility index (Phi) is 6.23. The lowest BCUT2D eigenvalue weighted by Gasteiger charge is -2.26. The summed E-state index contributed by atoms with van der Waals surface area (Å²) in [5.74, 6) is 1.21. The molecule has 1 aliphatic rings. The summed E-state index contributed by atoms with van der Waals surface area (Å²) in [4.78, 5) is 2.40. The van der Waals surface area contributed by atoms with Gasteiger partial charge in [0.1, 0.15) is 5.82 Å². The summed E-state index contributed by atoms with van der Waals surface area (Å²) in [5.41, 5.74) is 2.48. The number of hydrogen-bond donors (Lipinski definition) is 0. The van der Waals surface area contributed by atoms with Crippen LogP contribution in [-0.4, -0.2) is 32.8 Å². The third-order valence-corrected chi connectivity index (χ3v) is 6.07. The predicted molar refractivity (Wildman–Crippen MR) is 111 cm³/mol. The molecule has 148 valence electrons. The summed E-state index contributed by atoms with van der Waals surface area (Å²) >= 11 is 1.54. The molecule has 2 heterocycles. The number of nitrogens with zero attached hydrogens (tertiary/aromatic N) is 5. The molecule has 1 fully saturated rings. The molecule has 0 N–H and O–H groups in total. The van der Waals surface area contributed by atoms with Crippen LogP contribution in [0.25, 0.3) is 5.69 Å². The zero-order chi connectivity index (χ0) is 20.1. The van der Waals surface area contributed by atoms with Gasteiger partial charge >= 0.3 is 0 Å². The second kappa shape index (κ2) is 9.21. The van der Waals surface area contributed by atoms with Crippen LogP contribution < -0.4 is 0 Å². The largest absolute Gasteiger partial charge is 0.296 e. The van der Waals surface area contributed by atoms with E-state index in [9.17, 15) is 9.65 Å². The fraction of sp³-hybridized carbons (Fsp3) is 0.318. The van der Waals surface area contributed by atoms with Gasteiger partial charge in [0.25, 0.3) is 0 Å². The number of thioether (sulfide) groups is 1. The molecule has 0 atom stereocenters. The molecule has 0 spiro atoms. The minimum atomic E-state index is -0.267. The first-order valence-corrected chi connectivity index (χ1v) is 10.8. The van der Waals surface area contributed by atoms with Gasteiger partial charge < -0.3 is 0 Å². The minimum Gasteiger partial charge on any atom is -0.296 e. The lowest BCUT2D eigenvalue weighted by molar-refractivity contribution is 0.214. The number of rotatable bonds is 6. The molecule has 1 aliphatic heterocycles. The Morgan fingerprint density at radius 2 is 1.76 bits per heavy atom. The Morgan fingerprint density at radius 3 is 2.52 bits per heavy atom. The molecule has 0 amide bonds. The number of halogens is 1. The van der Waals surface area contributed by atoms with E-state index >= 15 is 0 Å². The molecule has 29 heavy (non-hydrogen) atoms. The third-order valence-electron chi connectivity index (χ3n) is 5.09. The molecule has 0 radical (unpaired) electrons. The van der Waals surface area contributed by atoms with Crippen LogP contribution in [0.1, 0.15) is 36.2 Å². The van der Waals surface area contributed by atoms with E-state index in [4.69, 9.17) is 0 Å². The Hall–Kier alpha value is -2.69. The van der Waals surface area contributed by atoms with Crippen molar-refractivity contribution in [1.82, 2.24) is 19.7 Å². The van der Waals surface area contributed by atoms with Gasteiger partial charge in [-0.05, 0) is 61.8 Å². The van der Waals surface area contributed by atoms with Crippen LogP contribution >= 0.6 is 11.8 Å². The minimum absolute atomic E-state index is 0.267. The Balaban J connectivity index is 1.62. The first-order valence-electron chi connectivity index (χ1n) is 9.78. The van der Waals surface area contributed by atoms with Crippen molar-refractivity contribution in [1.29, 1.82) is 5.26 Å². The van der Waals surface area contributed by atoms with Crippen molar-refractivity contribution in [3.63, 3.8) is 0 Å². The van der Waals surface area contributed by atoms with E-state index in [1.165, 1.54) is 43.2 Å². The number of piperidine rings is 1. The van der Waals surface area contributed by atoms with E-state index < -0.39 is 0 Å². The van der Waals surface area contributed by atoms with Gasteiger partial charge in [-0.3, -0.25) is 9.47 Å². The maximum atomic E-state index is 13.5. The van der Waals surface area contributed by atoms with Gasteiger partial charge in [0.15, 0.2) is 11.0 Å². The van der Waals surface area contributed by atoms with Crippen molar-refractivity contribution in [3.8, 4) is 11.8 Å². The summed E-state index contributed by atoms with van der Waals surface area (Å²) in [6, 6.07) is 16.2. The molecule has 5 nitrogen and oxygen atoms in total. The van der Waals surface area contributed by atoms with Crippen molar-refractivity contribution in [3.05, 3.63) is 71.3 Å². The average molecular weight is 408 g/mol. The van der Waals surface area contributed by atoms with Gasteiger partial charge in [0, 0.05) is 11.4 Å². The van der Waals surface area contributed by atoms with E-state index in [1.54, 1.807) is 12.1 Å². The zero-order valence-corrected chi connectivity index (χ0v) is 16.9. The van der Waals surface area contributed by atoms with Gasteiger partial charge in [-0.25, -0.2) is 4.39 Å². The number of benzene rings is 2. The molecule has 1 aromatic heterocycles. The second-order valence-electron chi connectivity index (χ2n) is 7.11. The molecule has 0 saturated carbocycles. The molecule has 0 bridgehead atoms. The normalized spacial score (nSPS) is 14.6. The zero-order valence-electron chi connectivity index (χ0n) is 16.1. The molecule has 7 heteroatoms. The number of nitriles is 1. The van der Waals surface area contributed by atoms with Gasteiger partial charge in [-0.2, -0.15) is 5.26 Å². The molecule has 2 aromatic carbocycles. The quantitative estimate of drug-likeness (QED) is 0.561. The van der Waals surface area contributed by atoms with Gasteiger partial charge in [0.05, 0.1) is 18.2 Å². The van der Waals surface area contributed by atoms with Crippen LogP contribution in [-0.2, 0) is 12.3 Å². The van der Waals surface area contributed by atoms with Crippen molar-refractivity contribution >= 4 is 11.8 Å². The molecule has 1 saturated heterocycles. The Bertz CT molecular complexity index is 1000. The maximum Gasteiger partial charge on any atom is 0.196 e. The topological polar surface area (TPSA) is 57.7 Å². The fourth-order valence-electron chi connectivity index (χ4n) is 3.56. The molecular weight excluding hydrogens is 385 g/mol. The van der Waals surface area contributed by atoms with Crippen LogP contribution in [0, 0.1) is 17.1 Å². The lowest BCUT2D eigenvalue weighted by atomic mass is 10.1. The van der Waals surface area contributed by atoms with Gasteiger partial charge in [-0.15, -0.1) is 10.2 Å². The summed E-state index contributed by atoms with van der Waals surface area (Å²) in [7, 11) is 0. The smallest absolute Gasteiger partial charge is 0.196 e. The van der Waals surface area contributed by atoms with Crippen LogP contribution in [0.5, 0.6) is 0 Å². The Labute approximate surface area is 174 Å². The number of aromatic nitrogens is 3. The number of likely N-dealkylation sites (tertiary alicyclic amines) is 1. The van der Waals surface area contributed by atoms with Crippen molar-refractivity contribution in [2.45, 2.75) is 36.7 Å². The molecule has 0 unspecified atom stereocenters. The van der Waals surface area contributed by atoms with Crippen molar-refractivity contribution < 1.29 is 4.39 Å². The highest BCUT2D eigenvalue weighted by Crippen LogP contribution is 2.27. The van der Waals surface area contributed by atoms with Gasteiger partial charge in [-0.1, -0.05) is 36.4 Å². The van der Waals surface area contributed by atoms with E-state index in [-0.39, 0.29) is 5.82 Å². The number of hydrogen-bond acceptors (Lipinski definition) is 5. The fourth-order valence-corrected chi connectivity index (χ4v) is 4.54. The lowest BCUT2D eigenvalue weighted by Crippen LogP contribution is -2.30. The maximum absolute atomic E-state index is 13.5. The summed E-state index contributed by atoms with van der Waals surface area (Å²) in [5, 5.41) is 19.0. The predicted octanol–water partition coefficient (Wildman–Crippen LogP) is 4.56. The average Bonchev–Trinajstić information content (AvgIpc) is 3.16. The van der Waals surface area contributed by atoms with Crippen LogP contribution in [0.2, 0.25) is 0 Å². The van der Waals surface area contributed by atoms with E-state index in [0.717, 1.165) is 41.9 Å². The monoisotopic (exact) mass is 407 g/mol. The highest BCUT2D eigenvalue weighted by molar-refractivity contribution is 7.98. The third kappa shape index (κ3) is 4.66. The summed E-state index contributed by atoms with van der Waals surface area (Å²) in [6.45, 7) is 2.85. The summed E-state index contributed by atoms with van der Waals surface area (Å²) < 4.78 is 15.5. The first-order chi connectivity index (χ1) is 14.2. The second-order valence-corrected chi connectivity index (χ2v) is 8.05. The van der Waals surface area contributed by atoms with E-state index in [1.807, 2.05) is 28.8 Å². The molecule has 3 aromatic rings. The highest BCUT2D eigenvalue weighted by Gasteiger charge is 2.19. The SMILES string of the molecule is N#Cc1ccccc1CSc1nnc(CN2CCCCC2)n1-c1ccc(F)cc1. The van der Waals surface area contributed by atoms with Crippen LogP contribution in [0.15, 0.2) is 53.7 Å². The van der Waals surface area contributed by atoms with Crippen LogP contribution in [0.4, 0.5) is 4.39 Å². The van der Waals surface area contributed by atoms with Gasteiger partial charge in [0.2, 0.25) is 0 Å². The Morgan fingerprint density at radius 1 is 1.00 bits per heavy atom. The van der Waals surface area contributed by atoms with Crippen molar-refractivity contribution in [2.24, 2.45) is 0 Å². The highest BCUT2D eigenvalue weighted by atomic mass is 32.2. The molecular formula is C22H22FN5S. The van der Waals surface area contributed by atoms with Crippen molar-refractivity contribution in [2.75, 3.05) is 13.1 Å². The van der Waals surface area contributed by atoms with Crippen LogP contribution in [0.3, 0.4) is 0 Å². The summed E-state index contributed by atoms with van der Waals surface area (Å²) in [6.07, 6.45) is 3.69. The molecule has 0 aliphatic carbocycles.